The summed E-state index contributed by atoms with van der Waals surface area (Å²) in [6, 6.07) is 3.76. The fraction of sp³-hybridized carbons (Fsp3) is 0.429. The maximum Gasteiger partial charge on any atom is 0.303 e. The van der Waals surface area contributed by atoms with Crippen molar-refractivity contribution in [1.29, 1.82) is 0 Å². The highest BCUT2D eigenvalue weighted by molar-refractivity contribution is 5.66. The minimum atomic E-state index is -0.557. The Bertz CT molecular complexity index is 494. The van der Waals surface area contributed by atoms with E-state index in [4.69, 9.17) is 14.2 Å². The quantitative estimate of drug-likeness (QED) is 0.667. The summed E-state index contributed by atoms with van der Waals surface area (Å²) < 4.78 is 15.9. The van der Waals surface area contributed by atoms with E-state index >= 15 is 0 Å². The van der Waals surface area contributed by atoms with Gasteiger partial charge in [0.25, 0.3) is 0 Å². The monoisotopic (exact) mass is 279 g/mol. The highest BCUT2D eigenvalue weighted by Crippen LogP contribution is 2.26. The van der Waals surface area contributed by atoms with Crippen LogP contribution in [-0.2, 0) is 23.8 Å². The Hall–Kier alpha value is -2.08. The molecule has 0 radical (unpaired) electrons. The summed E-state index contributed by atoms with van der Waals surface area (Å²) >= 11 is 0. The molecule has 3 atom stereocenters. The molecule has 0 amide bonds. The molecule has 0 aliphatic carbocycles. The number of aromatic amines is 1. The van der Waals surface area contributed by atoms with E-state index in [1.807, 2.05) is 18.2 Å². The standard InChI is InChI=1S/C14H17NO5/c1-9(16)18-8-14-13(19-10(2)17)6-5-12(20-14)11-4-3-7-15-11/h3-7,12-15H,8H2,1-2H3/t12-,13-,14+/m0/s1. The summed E-state index contributed by atoms with van der Waals surface area (Å²) in [7, 11) is 0. The van der Waals surface area contributed by atoms with Crippen LogP contribution in [0.3, 0.4) is 0 Å². The van der Waals surface area contributed by atoms with E-state index in [0.29, 0.717) is 0 Å². The highest BCUT2D eigenvalue weighted by atomic mass is 16.6. The first-order valence-electron chi connectivity index (χ1n) is 6.34. The van der Waals surface area contributed by atoms with Gasteiger partial charge in [0.2, 0.25) is 0 Å². The molecule has 2 rings (SSSR count). The molecule has 0 aromatic carbocycles. The van der Waals surface area contributed by atoms with Crippen molar-refractivity contribution in [3.63, 3.8) is 0 Å². The van der Waals surface area contributed by atoms with Crippen molar-refractivity contribution in [3.8, 4) is 0 Å². The van der Waals surface area contributed by atoms with E-state index in [-0.39, 0.29) is 12.7 Å². The Morgan fingerprint density at radius 2 is 2.10 bits per heavy atom. The summed E-state index contributed by atoms with van der Waals surface area (Å²) in [5.41, 5.74) is 0.885. The molecule has 0 unspecified atom stereocenters. The first kappa shape index (κ1) is 14.3. The van der Waals surface area contributed by atoms with Gasteiger partial charge < -0.3 is 19.2 Å². The number of ether oxygens (including phenoxy) is 3. The Morgan fingerprint density at radius 3 is 2.70 bits per heavy atom. The third-order valence-corrected chi connectivity index (χ3v) is 2.84. The van der Waals surface area contributed by atoms with Crippen molar-refractivity contribution in [1.82, 2.24) is 4.98 Å². The van der Waals surface area contributed by atoms with Gasteiger partial charge in [-0.25, -0.2) is 0 Å². The number of aromatic nitrogens is 1. The van der Waals surface area contributed by atoms with Gasteiger partial charge >= 0.3 is 11.9 Å². The molecule has 0 bridgehead atoms. The van der Waals surface area contributed by atoms with Crippen molar-refractivity contribution < 1.29 is 23.8 Å². The van der Waals surface area contributed by atoms with Crippen LogP contribution in [0.2, 0.25) is 0 Å². The van der Waals surface area contributed by atoms with Gasteiger partial charge in [0.1, 0.15) is 24.9 Å². The van der Waals surface area contributed by atoms with Crippen LogP contribution < -0.4 is 0 Å². The third-order valence-electron chi connectivity index (χ3n) is 2.84. The molecular formula is C14H17NO5. The van der Waals surface area contributed by atoms with Gasteiger partial charge in [0, 0.05) is 25.7 Å². The number of nitrogens with one attached hydrogen (secondary N) is 1. The molecule has 1 aliphatic heterocycles. The molecule has 0 fully saturated rings. The molecule has 1 aromatic rings. The normalized spacial score (nSPS) is 25.2. The van der Waals surface area contributed by atoms with E-state index < -0.39 is 24.1 Å². The number of H-pyrrole nitrogens is 1. The van der Waals surface area contributed by atoms with Crippen molar-refractivity contribution in [2.45, 2.75) is 32.2 Å². The van der Waals surface area contributed by atoms with Crippen molar-refractivity contribution in [2.24, 2.45) is 0 Å². The molecule has 1 aliphatic rings. The second-order valence-electron chi connectivity index (χ2n) is 4.48. The van der Waals surface area contributed by atoms with E-state index in [1.54, 1.807) is 12.3 Å². The Balaban J connectivity index is 2.08. The van der Waals surface area contributed by atoms with Crippen LogP contribution in [0.4, 0.5) is 0 Å². The lowest BCUT2D eigenvalue weighted by Gasteiger charge is -2.31. The van der Waals surface area contributed by atoms with Crippen LogP contribution >= 0.6 is 0 Å². The second-order valence-corrected chi connectivity index (χ2v) is 4.48. The van der Waals surface area contributed by atoms with E-state index in [9.17, 15) is 9.59 Å². The summed E-state index contributed by atoms with van der Waals surface area (Å²) in [6.07, 6.45) is 4.00. The number of esters is 2. The highest BCUT2D eigenvalue weighted by Gasteiger charge is 2.31. The fourth-order valence-electron chi connectivity index (χ4n) is 1.98. The molecule has 2 heterocycles. The Morgan fingerprint density at radius 1 is 1.30 bits per heavy atom. The summed E-state index contributed by atoms with van der Waals surface area (Å²) in [4.78, 5) is 25.1. The Kier molecular flexibility index (Phi) is 4.57. The maximum atomic E-state index is 11.1. The first-order chi connectivity index (χ1) is 9.56. The van der Waals surface area contributed by atoms with Gasteiger partial charge in [0.05, 0.1) is 0 Å². The molecule has 6 nitrogen and oxygen atoms in total. The predicted molar refractivity (Wildman–Crippen MR) is 69.7 cm³/mol. The van der Waals surface area contributed by atoms with Crippen LogP contribution in [0.5, 0.6) is 0 Å². The smallest absolute Gasteiger partial charge is 0.303 e. The number of rotatable bonds is 4. The average molecular weight is 279 g/mol. The average Bonchev–Trinajstić information content (AvgIpc) is 2.90. The summed E-state index contributed by atoms with van der Waals surface area (Å²) in [6.45, 7) is 2.69. The lowest BCUT2D eigenvalue weighted by Crippen LogP contribution is -2.39. The van der Waals surface area contributed by atoms with E-state index in [0.717, 1.165) is 5.69 Å². The fourth-order valence-corrected chi connectivity index (χ4v) is 1.98. The molecule has 0 saturated carbocycles. The van der Waals surface area contributed by atoms with E-state index in [2.05, 4.69) is 4.98 Å². The number of carbonyl (C=O) groups is 2. The third kappa shape index (κ3) is 3.71. The molecule has 1 aromatic heterocycles. The van der Waals surface area contributed by atoms with Crippen molar-refractivity contribution >= 4 is 11.9 Å². The second kappa shape index (κ2) is 6.38. The van der Waals surface area contributed by atoms with E-state index in [1.165, 1.54) is 13.8 Å². The molecular weight excluding hydrogens is 262 g/mol. The van der Waals surface area contributed by atoms with Crippen LogP contribution in [0.1, 0.15) is 25.6 Å². The molecule has 20 heavy (non-hydrogen) atoms. The Labute approximate surface area is 116 Å². The summed E-state index contributed by atoms with van der Waals surface area (Å²) in [5, 5.41) is 0. The summed E-state index contributed by atoms with van der Waals surface area (Å²) in [5.74, 6) is -0.810. The zero-order chi connectivity index (χ0) is 14.5. The number of hydrogen-bond donors (Lipinski definition) is 1. The zero-order valence-corrected chi connectivity index (χ0v) is 11.4. The number of hydrogen-bond acceptors (Lipinski definition) is 5. The number of carbonyl (C=O) groups excluding carboxylic acids is 2. The molecule has 1 N–H and O–H groups in total. The molecule has 0 spiro atoms. The van der Waals surface area contributed by atoms with Crippen LogP contribution in [0, 0.1) is 0 Å². The van der Waals surface area contributed by atoms with Crippen LogP contribution in [-0.4, -0.2) is 35.7 Å². The van der Waals surface area contributed by atoms with Gasteiger partial charge in [0.15, 0.2) is 0 Å². The van der Waals surface area contributed by atoms with Gasteiger partial charge in [-0.1, -0.05) is 6.08 Å². The minimum absolute atomic E-state index is 0.0365. The SMILES string of the molecule is CC(=O)OC[C@H]1O[C@H](c2ccc[nH]2)C=C[C@@H]1OC(C)=O. The maximum absolute atomic E-state index is 11.1. The largest absolute Gasteiger partial charge is 0.463 e. The molecule has 108 valence electrons. The van der Waals surface area contributed by atoms with Crippen LogP contribution in [0.25, 0.3) is 0 Å². The van der Waals surface area contributed by atoms with Crippen LogP contribution in [0.15, 0.2) is 30.5 Å². The van der Waals surface area contributed by atoms with Crippen molar-refractivity contribution in [3.05, 3.63) is 36.2 Å². The van der Waals surface area contributed by atoms with Gasteiger partial charge in [-0.05, 0) is 18.2 Å². The minimum Gasteiger partial charge on any atom is -0.463 e. The van der Waals surface area contributed by atoms with Crippen molar-refractivity contribution in [2.75, 3.05) is 6.61 Å². The predicted octanol–water partition coefficient (Wildman–Crippen LogP) is 1.51. The zero-order valence-electron chi connectivity index (χ0n) is 11.4. The van der Waals surface area contributed by atoms with Gasteiger partial charge in [-0.3, -0.25) is 9.59 Å². The van der Waals surface area contributed by atoms with Gasteiger partial charge in [-0.15, -0.1) is 0 Å². The molecule has 6 heteroatoms. The lowest BCUT2D eigenvalue weighted by molar-refractivity contribution is -0.163. The first-order valence-corrected chi connectivity index (χ1v) is 6.34. The topological polar surface area (TPSA) is 77.6 Å². The molecule has 0 saturated heterocycles. The van der Waals surface area contributed by atoms with Gasteiger partial charge in [-0.2, -0.15) is 0 Å². The lowest BCUT2D eigenvalue weighted by atomic mass is 10.1.